The molecule has 2 N–H and O–H groups in total. The number of carbonyl (C=O) groups excluding carboxylic acids is 1. The van der Waals surface area contributed by atoms with Gasteiger partial charge in [-0.3, -0.25) is 4.79 Å². The minimum atomic E-state index is 0.191. The Labute approximate surface area is 96.0 Å². The van der Waals surface area contributed by atoms with E-state index in [0.717, 1.165) is 32.5 Å². The molecule has 0 bridgehead atoms. The van der Waals surface area contributed by atoms with Gasteiger partial charge in [0.2, 0.25) is 5.91 Å². The predicted octanol–water partition coefficient (Wildman–Crippen LogP) is 0.625. The summed E-state index contributed by atoms with van der Waals surface area (Å²) in [4.78, 5) is 16.9. The maximum Gasteiger partial charge on any atom is 0.226 e. The highest BCUT2D eigenvalue weighted by atomic mass is 16.2. The summed E-state index contributed by atoms with van der Waals surface area (Å²) >= 11 is 0. The number of nitrogens with one attached hydrogen (secondary N) is 2. The van der Waals surface area contributed by atoms with Crippen molar-refractivity contribution in [1.29, 1.82) is 0 Å². The Morgan fingerprint density at radius 1 is 1.62 bits per heavy atom. The molecule has 1 aliphatic heterocycles. The zero-order valence-electron chi connectivity index (χ0n) is 9.70. The molecular formula is C12H19N3O. The van der Waals surface area contributed by atoms with Gasteiger partial charge in [0, 0.05) is 32.5 Å². The first-order valence-corrected chi connectivity index (χ1v) is 5.85. The summed E-state index contributed by atoms with van der Waals surface area (Å²) < 4.78 is 0. The molecule has 0 radical (unpaired) electrons. The zero-order chi connectivity index (χ0) is 11.4. The van der Waals surface area contributed by atoms with Gasteiger partial charge in [-0.1, -0.05) is 0 Å². The molecule has 0 saturated carbocycles. The van der Waals surface area contributed by atoms with Gasteiger partial charge in [0.05, 0.1) is 5.92 Å². The van der Waals surface area contributed by atoms with Crippen LogP contribution in [0, 0.1) is 5.92 Å². The highest BCUT2D eigenvalue weighted by Crippen LogP contribution is 2.11. The molecule has 0 aromatic carbocycles. The van der Waals surface area contributed by atoms with Crippen LogP contribution in [0.3, 0.4) is 0 Å². The van der Waals surface area contributed by atoms with Crippen LogP contribution in [0.25, 0.3) is 0 Å². The Kier molecular flexibility index (Phi) is 3.62. The molecule has 2 rings (SSSR count). The topological polar surface area (TPSA) is 48.1 Å². The Bertz CT molecular complexity index is 328. The first kappa shape index (κ1) is 11.2. The summed E-state index contributed by atoms with van der Waals surface area (Å²) in [6.45, 7) is 2.61. The molecule has 16 heavy (non-hydrogen) atoms. The monoisotopic (exact) mass is 221 g/mol. The van der Waals surface area contributed by atoms with Gasteiger partial charge < -0.3 is 15.2 Å². The zero-order valence-corrected chi connectivity index (χ0v) is 9.70. The van der Waals surface area contributed by atoms with Crippen LogP contribution in [0.5, 0.6) is 0 Å². The van der Waals surface area contributed by atoms with Crippen molar-refractivity contribution < 1.29 is 4.79 Å². The molecule has 1 aliphatic rings. The van der Waals surface area contributed by atoms with E-state index in [-0.39, 0.29) is 11.8 Å². The molecular weight excluding hydrogens is 202 g/mol. The molecule has 88 valence electrons. The Hall–Kier alpha value is -1.29. The second-order valence-corrected chi connectivity index (χ2v) is 4.42. The highest BCUT2D eigenvalue weighted by molar-refractivity contribution is 5.79. The Balaban J connectivity index is 1.78. The van der Waals surface area contributed by atoms with Crippen LogP contribution in [-0.2, 0) is 11.2 Å². The number of hydrogen-bond acceptors (Lipinski definition) is 2. The van der Waals surface area contributed by atoms with Gasteiger partial charge in [0.15, 0.2) is 0 Å². The fourth-order valence-corrected chi connectivity index (χ4v) is 2.10. The van der Waals surface area contributed by atoms with Crippen LogP contribution >= 0.6 is 0 Å². The number of likely N-dealkylation sites (N-methyl/N-ethyl adjacent to an activating group) is 1. The number of H-pyrrole nitrogens is 1. The first-order valence-electron chi connectivity index (χ1n) is 5.85. The Morgan fingerprint density at radius 2 is 2.50 bits per heavy atom. The van der Waals surface area contributed by atoms with Gasteiger partial charge in [0.25, 0.3) is 0 Å². The third kappa shape index (κ3) is 2.64. The molecule has 1 fully saturated rings. The van der Waals surface area contributed by atoms with Gasteiger partial charge in [-0.05, 0) is 31.0 Å². The van der Waals surface area contributed by atoms with E-state index in [0.29, 0.717) is 0 Å². The van der Waals surface area contributed by atoms with Crippen molar-refractivity contribution in [3.05, 3.63) is 24.0 Å². The van der Waals surface area contributed by atoms with Gasteiger partial charge in [-0.2, -0.15) is 0 Å². The fourth-order valence-electron chi connectivity index (χ4n) is 2.10. The summed E-state index contributed by atoms with van der Waals surface area (Å²) in [6.07, 6.45) is 5.80. The van der Waals surface area contributed by atoms with Crippen LogP contribution in [0.2, 0.25) is 0 Å². The van der Waals surface area contributed by atoms with Crippen molar-refractivity contribution in [2.75, 3.05) is 26.7 Å². The first-order chi connectivity index (χ1) is 7.77. The second-order valence-electron chi connectivity index (χ2n) is 4.42. The van der Waals surface area contributed by atoms with Crippen molar-refractivity contribution in [2.24, 2.45) is 5.92 Å². The molecule has 1 atom stereocenters. The number of aromatic nitrogens is 1. The minimum absolute atomic E-state index is 0.191. The highest BCUT2D eigenvalue weighted by Gasteiger charge is 2.24. The summed E-state index contributed by atoms with van der Waals surface area (Å²) in [5, 5.41) is 3.23. The summed E-state index contributed by atoms with van der Waals surface area (Å²) in [6, 6.07) is 2.05. The second kappa shape index (κ2) is 5.16. The van der Waals surface area contributed by atoms with Gasteiger partial charge in [-0.15, -0.1) is 0 Å². The lowest BCUT2D eigenvalue weighted by atomic mass is 10.1. The molecule has 1 aromatic rings. The molecule has 1 amide bonds. The normalized spacial score (nSPS) is 19.9. The van der Waals surface area contributed by atoms with E-state index < -0.39 is 0 Å². The molecule has 0 spiro atoms. The quantitative estimate of drug-likeness (QED) is 0.783. The number of carbonyl (C=O) groups is 1. The lowest BCUT2D eigenvalue weighted by Crippen LogP contribution is -2.35. The molecule has 1 saturated heterocycles. The lowest BCUT2D eigenvalue weighted by Gasteiger charge is -2.20. The molecule has 4 nitrogen and oxygen atoms in total. The lowest BCUT2D eigenvalue weighted by molar-refractivity contribution is -0.133. The van der Waals surface area contributed by atoms with Gasteiger partial charge >= 0.3 is 0 Å². The van der Waals surface area contributed by atoms with Crippen molar-refractivity contribution in [3.63, 3.8) is 0 Å². The van der Waals surface area contributed by atoms with Crippen molar-refractivity contribution >= 4 is 5.91 Å². The van der Waals surface area contributed by atoms with Crippen LogP contribution in [0.4, 0.5) is 0 Å². The molecule has 1 unspecified atom stereocenters. The van der Waals surface area contributed by atoms with Crippen LogP contribution in [0.15, 0.2) is 18.5 Å². The van der Waals surface area contributed by atoms with Crippen molar-refractivity contribution in [2.45, 2.75) is 12.8 Å². The predicted molar refractivity (Wildman–Crippen MR) is 63.1 cm³/mol. The number of rotatable bonds is 4. The van der Waals surface area contributed by atoms with Crippen LogP contribution < -0.4 is 5.32 Å². The van der Waals surface area contributed by atoms with Crippen molar-refractivity contribution in [1.82, 2.24) is 15.2 Å². The van der Waals surface area contributed by atoms with E-state index in [4.69, 9.17) is 0 Å². The standard InChI is InChI=1S/C12H19N3O/c1-15(7-4-10-2-5-13-8-10)12(16)11-3-6-14-9-11/h2,5,8,11,13-14H,3-4,6-7,9H2,1H3. The van der Waals surface area contributed by atoms with E-state index in [2.05, 4.69) is 16.4 Å². The summed E-state index contributed by atoms with van der Waals surface area (Å²) in [5.41, 5.74) is 1.25. The number of aromatic amines is 1. The summed E-state index contributed by atoms with van der Waals surface area (Å²) in [5.74, 6) is 0.469. The number of hydrogen-bond donors (Lipinski definition) is 2. The average Bonchev–Trinajstić information content (AvgIpc) is 2.96. The van der Waals surface area contributed by atoms with E-state index in [9.17, 15) is 4.79 Å². The number of amides is 1. The maximum atomic E-state index is 12.0. The van der Waals surface area contributed by atoms with Crippen molar-refractivity contribution in [3.8, 4) is 0 Å². The van der Waals surface area contributed by atoms with E-state index in [1.165, 1.54) is 5.56 Å². The number of nitrogens with zero attached hydrogens (tertiary/aromatic N) is 1. The average molecular weight is 221 g/mol. The van der Waals surface area contributed by atoms with Crippen LogP contribution in [-0.4, -0.2) is 42.5 Å². The van der Waals surface area contributed by atoms with Crippen LogP contribution in [0.1, 0.15) is 12.0 Å². The third-order valence-electron chi connectivity index (χ3n) is 3.18. The molecule has 2 heterocycles. The third-order valence-corrected chi connectivity index (χ3v) is 3.18. The van der Waals surface area contributed by atoms with E-state index in [1.807, 2.05) is 24.3 Å². The van der Waals surface area contributed by atoms with Gasteiger partial charge in [0.1, 0.15) is 0 Å². The summed E-state index contributed by atoms with van der Waals surface area (Å²) in [7, 11) is 1.90. The molecule has 1 aromatic heterocycles. The largest absolute Gasteiger partial charge is 0.367 e. The van der Waals surface area contributed by atoms with E-state index >= 15 is 0 Å². The molecule has 4 heteroatoms. The SMILES string of the molecule is CN(CCc1cc[nH]c1)C(=O)C1CCNC1. The minimum Gasteiger partial charge on any atom is -0.367 e. The molecule has 0 aliphatic carbocycles. The van der Waals surface area contributed by atoms with E-state index in [1.54, 1.807) is 0 Å². The smallest absolute Gasteiger partial charge is 0.226 e. The van der Waals surface area contributed by atoms with Gasteiger partial charge in [-0.25, -0.2) is 0 Å². The Morgan fingerprint density at radius 3 is 3.12 bits per heavy atom. The fraction of sp³-hybridized carbons (Fsp3) is 0.583. The maximum absolute atomic E-state index is 12.0.